The smallest absolute Gasteiger partial charge is 0.410 e. The highest BCUT2D eigenvalue weighted by atomic mass is 16.6. The molecule has 0 radical (unpaired) electrons. The molecule has 0 bridgehead atoms. The Morgan fingerprint density at radius 1 is 1.35 bits per heavy atom. The Kier molecular flexibility index (Phi) is 5.56. The van der Waals surface area contributed by atoms with Gasteiger partial charge < -0.3 is 9.64 Å². The van der Waals surface area contributed by atoms with Crippen molar-refractivity contribution in [3.8, 4) is 0 Å². The van der Waals surface area contributed by atoms with E-state index in [1.54, 1.807) is 17.0 Å². The van der Waals surface area contributed by atoms with Gasteiger partial charge in [-0.15, -0.1) is 0 Å². The SMILES string of the molecule is CC(C)(C)OC(=O)N1CCC(Cc2cccc(N=C=O)c2)CC1. The number of amides is 1. The zero-order valence-corrected chi connectivity index (χ0v) is 14.0. The van der Waals surface area contributed by atoms with E-state index in [9.17, 15) is 9.59 Å². The van der Waals surface area contributed by atoms with Crippen LogP contribution in [0.15, 0.2) is 29.3 Å². The van der Waals surface area contributed by atoms with Gasteiger partial charge in [0.05, 0.1) is 5.69 Å². The number of isocyanates is 1. The Hall–Kier alpha value is -2.13. The van der Waals surface area contributed by atoms with Crippen molar-refractivity contribution in [2.24, 2.45) is 10.9 Å². The third-order valence-electron chi connectivity index (χ3n) is 3.88. The van der Waals surface area contributed by atoms with Crippen LogP contribution in [0.4, 0.5) is 10.5 Å². The van der Waals surface area contributed by atoms with Gasteiger partial charge in [-0.3, -0.25) is 0 Å². The van der Waals surface area contributed by atoms with Crippen molar-refractivity contribution in [2.75, 3.05) is 13.1 Å². The van der Waals surface area contributed by atoms with E-state index in [0.29, 0.717) is 11.6 Å². The highest BCUT2D eigenvalue weighted by molar-refractivity contribution is 5.68. The molecule has 1 heterocycles. The lowest BCUT2D eigenvalue weighted by atomic mass is 9.90. The molecular formula is C18H24N2O3. The van der Waals surface area contributed by atoms with Crippen molar-refractivity contribution in [1.29, 1.82) is 0 Å². The quantitative estimate of drug-likeness (QED) is 0.629. The van der Waals surface area contributed by atoms with Gasteiger partial charge in [-0.2, -0.15) is 4.99 Å². The summed E-state index contributed by atoms with van der Waals surface area (Å²) >= 11 is 0. The molecule has 1 fully saturated rings. The minimum absolute atomic E-state index is 0.224. The number of piperidine rings is 1. The zero-order chi connectivity index (χ0) is 16.9. The maximum absolute atomic E-state index is 12.1. The molecule has 0 spiro atoms. The molecule has 0 N–H and O–H groups in total. The van der Waals surface area contributed by atoms with Gasteiger partial charge in [0, 0.05) is 13.1 Å². The molecule has 5 nitrogen and oxygen atoms in total. The van der Waals surface area contributed by atoms with Crippen molar-refractivity contribution in [2.45, 2.75) is 45.6 Å². The number of carbonyl (C=O) groups is 1. The number of hydrogen-bond acceptors (Lipinski definition) is 4. The summed E-state index contributed by atoms with van der Waals surface area (Å²) in [6.45, 7) is 7.10. The van der Waals surface area contributed by atoms with Crippen molar-refractivity contribution < 1.29 is 14.3 Å². The van der Waals surface area contributed by atoms with Crippen LogP contribution in [0.2, 0.25) is 0 Å². The third-order valence-corrected chi connectivity index (χ3v) is 3.88. The molecule has 5 heteroatoms. The summed E-state index contributed by atoms with van der Waals surface area (Å²) in [4.78, 5) is 27.8. The second kappa shape index (κ2) is 7.42. The first-order valence-corrected chi connectivity index (χ1v) is 8.02. The summed E-state index contributed by atoms with van der Waals surface area (Å²) in [7, 11) is 0. The van der Waals surface area contributed by atoms with Gasteiger partial charge in [-0.05, 0) is 63.6 Å². The monoisotopic (exact) mass is 316 g/mol. The summed E-state index contributed by atoms with van der Waals surface area (Å²) in [6, 6.07) is 7.66. The number of aliphatic imine (C=N–C) groups is 1. The van der Waals surface area contributed by atoms with E-state index in [0.717, 1.165) is 37.9 Å². The first-order chi connectivity index (χ1) is 10.9. The van der Waals surface area contributed by atoms with Gasteiger partial charge in [-0.25, -0.2) is 9.59 Å². The Bertz CT molecular complexity index is 593. The summed E-state index contributed by atoms with van der Waals surface area (Å²) in [6.07, 6.45) is 4.20. The molecule has 0 aliphatic carbocycles. The van der Waals surface area contributed by atoms with Crippen LogP contribution in [-0.2, 0) is 16.0 Å². The lowest BCUT2D eigenvalue weighted by Crippen LogP contribution is -2.42. The first kappa shape index (κ1) is 17.2. The Balaban J connectivity index is 1.86. The third kappa shape index (κ3) is 5.53. The Labute approximate surface area is 137 Å². The molecule has 23 heavy (non-hydrogen) atoms. The van der Waals surface area contributed by atoms with E-state index in [1.165, 1.54) is 0 Å². The fraction of sp³-hybridized carbons (Fsp3) is 0.556. The number of ether oxygens (including phenoxy) is 1. The summed E-state index contributed by atoms with van der Waals surface area (Å²) in [5.41, 5.74) is 1.36. The summed E-state index contributed by atoms with van der Waals surface area (Å²) in [5, 5.41) is 0. The topological polar surface area (TPSA) is 59.0 Å². The van der Waals surface area contributed by atoms with E-state index in [1.807, 2.05) is 39.0 Å². The van der Waals surface area contributed by atoms with Gasteiger partial charge in [-0.1, -0.05) is 12.1 Å². The van der Waals surface area contributed by atoms with Crippen molar-refractivity contribution >= 4 is 17.9 Å². The van der Waals surface area contributed by atoms with Crippen LogP contribution in [-0.4, -0.2) is 35.8 Å². The van der Waals surface area contributed by atoms with Crippen LogP contribution in [0.1, 0.15) is 39.2 Å². The number of likely N-dealkylation sites (tertiary alicyclic amines) is 1. The van der Waals surface area contributed by atoms with Crippen LogP contribution >= 0.6 is 0 Å². The van der Waals surface area contributed by atoms with Crippen molar-refractivity contribution in [1.82, 2.24) is 4.90 Å². The minimum Gasteiger partial charge on any atom is -0.444 e. The van der Waals surface area contributed by atoms with Crippen LogP contribution in [0, 0.1) is 5.92 Å². The van der Waals surface area contributed by atoms with Crippen LogP contribution in [0.5, 0.6) is 0 Å². The molecule has 0 aromatic heterocycles. The van der Waals surface area contributed by atoms with E-state index in [-0.39, 0.29) is 6.09 Å². The molecule has 2 rings (SSSR count). The fourth-order valence-electron chi connectivity index (χ4n) is 2.79. The molecule has 0 atom stereocenters. The largest absolute Gasteiger partial charge is 0.444 e. The lowest BCUT2D eigenvalue weighted by Gasteiger charge is -2.33. The molecule has 1 aliphatic heterocycles. The summed E-state index contributed by atoms with van der Waals surface area (Å²) < 4.78 is 5.41. The Morgan fingerprint density at radius 2 is 2.04 bits per heavy atom. The predicted octanol–water partition coefficient (Wildman–Crippen LogP) is 3.84. The van der Waals surface area contributed by atoms with Gasteiger partial charge in [0.1, 0.15) is 5.60 Å². The molecule has 1 saturated heterocycles. The van der Waals surface area contributed by atoms with Crippen LogP contribution in [0.25, 0.3) is 0 Å². The number of nitrogens with zero attached hydrogens (tertiary/aromatic N) is 2. The molecular weight excluding hydrogens is 292 g/mol. The molecule has 1 aromatic carbocycles. The second-order valence-electron chi connectivity index (χ2n) is 6.99. The Morgan fingerprint density at radius 3 is 2.65 bits per heavy atom. The number of rotatable bonds is 3. The van der Waals surface area contributed by atoms with E-state index in [2.05, 4.69) is 4.99 Å². The number of benzene rings is 1. The maximum Gasteiger partial charge on any atom is 0.410 e. The highest BCUT2D eigenvalue weighted by Crippen LogP contribution is 2.24. The molecule has 1 amide bonds. The molecule has 1 aliphatic rings. The maximum atomic E-state index is 12.1. The van der Waals surface area contributed by atoms with E-state index >= 15 is 0 Å². The standard InChI is InChI=1S/C18H24N2O3/c1-18(2,3)23-17(22)20-9-7-14(8-10-20)11-15-5-4-6-16(12-15)19-13-21/h4-6,12,14H,7-11H2,1-3H3. The van der Waals surface area contributed by atoms with E-state index in [4.69, 9.17) is 4.74 Å². The number of hydrogen-bond donors (Lipinski definition) is 0. The fourth-order valence-corrected chi connectivity index (χ4v) is 2.79. The highest BCUT2D eigenvalue weighted by Gasteiger charge is 2.26. The van der Waals surface area contributed by atoms with Crippen LogP contribution in [0.3, 0.4) is 0 Å². The van der Waals surface area contributed by atoms with Crippen molar-refractivity contribution in [3.05, 3.63) is 29.8 Å². The number of carbonyl (C=O) groups excluding carboxylic acids is 2. The summed E-state index contributed by atoms with van der Waals surface area (Å²) in [5.74, 6) is 0.532. The molecule has 0 saturated carbocycles. The van der Waals surface area contributed by atoms with Crippen LogP contribution < -0.4 is 0 Å². The lowest BCUT2D eigenvalue weighted by molar-refractivity contribution is 0.0184. The average molecular weight is 316 g/mol. The predicted molar refractivity (Wildman–Crippen MR) is 88.5 cm³/mol. The first-order valence-electron chi connectivity index (χ1n) is 8.02. The van der Waals surface area contributed by atoms with Crippen molar-refractivity contribution in [3.63, 3.8) is 0 Å². The molecule has 124 valence electrons. The molecule has 1 aromatic rings. The van der Waals surface area contributed by atoms with E-state index < -0.39 is 5.60 Å². The minimum atomic E-state index is -0.451. The average Bonchev–Trinajstić information content (AvgIpc) is 2.47. The van der Waals surface area contributed by atoms with Gasteiger partial charge in [0.2, 0.25) is 6.08 Å². The molecule has 0 unspecified atom stereocenters. The normalized spacial score (nSPS) is 15.9. The second-order valence-corrected chi connectivity index (χ2v) is 6.99. The van der Waals surface area contributed by atoms with Gasteiger partial charge in [0.15, 0.2) is 0 Å². The van der Waals surface area contributed by atoms with Gasteiger partial charge >= 0.3 is 6.09 Å². The van der Waals surface area contributed by atoms with Gasteiger partial charge in [0.25, 0.3) is 0 Å². The zero-order valence-electron chi connectivity index (χ0n) is 14.0.